The molecule has 1 aliphatic rings. The Labute approximate surface area is 142 Å². The normalized spacial score (nSPS) is 17.8. The maximum absolute atomic E-state index is 12.7. The van der Waals surface area contributed by atoms with E-state index in [1.165, 1.54) is 0 Å². The maximum Gasteiger partial charge on any atom is 0.277 e. The van der Waals surface area contributed by atoms with Gasteiger partial charge in [0.2, 0.25) is 0 Å². The third kappa shape index (κ3) is 4.02. The number of hydrogen-bond acceptors (Lipinski definition) is 5. The second kappa shape index (κ2) is 7.03. The van der Waals surface area contributed by atoms with Crippen LogP contribution in [0.15, 0.2) is 4.79 Å². The first-order chi connectivity index (χ1) is 11.1. The van der Waals surface area contributed by atoms with Gasteiger partial charge in [-0.15, -0.1) is 0 Å². The van der Waals surface area contributed by atoms with Crippen LogP contribution in [0.25, 0.3) is 0 Å². The van der Waals surface area contributed by atoms with E-state index >= 15 is 0 Å². The van der Waals surface area contributed by atoms with Crippen LogP contribution in [0.4, 0.5) is 0 Å². The molecule has 0 spiro atoms. The van der Waals surface area contributed by atoms with E-state index in [0.29, 0.717) is 44.0 Å². The van der Waals surface area contributed by atoms with Crippen molar-refractivity contribution >= 4 is 5.91 Å². The molecule has 0 aliphatic carbocycles. The molecule has 24 heavy (non-hydrogen) atoms. The Morgan fingerprint density at radius 1 is 1.25 bits per heavy atom. The summed E-state index contributed by atoms with van der Waals surface area (Å²) in [5.41, 5.74) is 0.880. The van der Waals surface area contributed by atoms with E-state index in [2.05, 4.69) is 15.1 Å². The second-order valence-electron chi connectivity index (χ2n) is 7.61. The molecule has 2 N–H and O–H groups in total. The fourth-order valence-electron chi connectivity index (χ4n) is 2.69. The summed E-state index contributed by atoms with van der Waals surface area (Å²) in [6.07, 6.45) is -0.410. The molecule has 7 nitrogen and oxygen atoms in total. The zero-order valence-corrected chi connectivity index (χ0v) is 15.2. The molecule has 2 heterocycles. The Morgan fingerprint density at radius 2 is 1.83 bits per heavy atom. The first kappa shape index (κ1) is 18.6. The number of hydrogen-bond donors (Lipinski definition) is 2. The molecule has 7 heteroatoms. The number of piperazine rings is 1. The largest absolute Gasteiger partial charge is 0.391 e. The van der Waals surface area contributed by atoms with Crippen molar-refractivity contribution in [2.75, 3.05) is 32.7 Å². The lowest BCUT2D eigenvalue weighted by molar-refractivity contribution is 0.0136. The minimum Gasteiger partial charge on any atom is -0.391 e. The van der Waals surface area contributed by atoms with Gasteiger partial charge in [-0.1, -0.05) is 20.8 Å². The standard InChI is InChI=1S/C17H28N4O3/c1-11-12(2)18-19-15(23)14(11)16(24)21-8-6-20(7-9-21)10-13(22)17(3,4)5/h13,22H,6-10H2,1-5H3,(H,19,23). The van der Waals surface area contributed by atoms with Gasteiger partial charge in [-0.25, -0.2) is 5.10 Å². The van der Waals surface area contributed by atoms with E-state index in [1.54, 1.807) is 18.7 Å². The minimum absolute atomic E-state index is 0.161. The van der Waals surface area contributed by atoms with Gasteiger partial charge in [0.1, 0.15) is 5.56 Å². The van der Waals surface area contributed by atoms with Crippen LogP contribution in [-0.4, -0.2) is 69.8 Å². The highest BCUT2D eigenvalue weighted by Gasteiger charge is 2.29. The molecule has 1 aliphatic heterocycles. The first-order valence-electron chi connectivity index (χ1n) is 8.37. The number of aromatic amines is 1. The highest BCUT2D eigenvalue weighted by atomic mass is 16.3. The van der Waals surface area contributed by atoms with Gasteiger partial charge < -0.3 is 10.0 Å². The molecule has 0 radical (unpaired) electrons. The number of nitrogens with zero attached hydrogens (tertiary/aromatic N) is 3. The van der Waals surface area contributed by atoms with Crippen molar-refractivity contribution in [3.63, 3.8) is 0 Å². The number of carbonyl (C=O) groups is 1. The van der Waals surface area contributed by atoms with Crippen molar-refractivity contribution in [2.24, 2.45) is 5.41 Å². The summed E-state index contributed by atoms with van der Waals surface area (Å²) in [7, 11) is 0. The maximum atomic E-state index is 12.7. The lowest BCUT2D eigenvalue weighted by Gasteiger charge is -2.38. The fraction of sp³-hybridized carbons (Fsp3) is 0.706. The molecule has 1 fully saturated rings. The van der Waals surface area contributed by atoms with E-state index in [4.69, 9.17) is 0 Å². The Bertz CT molecular complexity index is 655. The van der Waals surface area contributed by atoms with Crippen LogP contribution in [0.1, 0.15) is 42.4 Å². The Kier molecular flexibility index (Phi) is 5.45. The summed E-state index contributed by atoms with van der Waals surface area (Å²) in [6, 6.07) is 0. The summed E-state index contributed by atoms with van der Waals surface area (Å²) < 4.78 is 0. The molecule has 2 rings (SSSR count). The van der Waals surface area contributed by atoms with E-state index < -0.39 is 11.7 Å². The number of nitrogens with one attached hydrogen (secondary N) is 1. The zero-order chi connectivity index (χ0) is 18.1. The predicted molar refractivity (Wildman–Crippen MR) is 92.1 cm³/mol. The quantitative estimate of drug-likeness (QED) is 0.841. The van der Waals surface area contributed by atoms with E-state index in [9.17, 15) is 14.7 Å². The summed E-state index contributed by atoms with van der Waals surface area (Å²) in [6.45, 7) is 12.6. The van der Waals surface area contributed by atoms with Crippen LogP contribution in [-0.2, 0) is 0 Å². The van der Waals surface area contributed by atoms with Gasteiger partial charge in [0.25, 0.3) is 11.5 Å². The highest BCUT2D eigenvalue weighted by molar-refractivity contribution is 5.95. The Balaban J connectivity index is 2.02. The van der Waals surface area contributed by atoms with Crippen LogP contribution in [0.3, 0.4) is 0 Å². The lowest BCUT2D eigenvalue weighted by Crippen LogP contribution is -2.52. The number of H-pyrrole nitrogens is 1. The summed E-state index contributed by atoms with van der Waals surface area (Å²) in [5, 5.41) is 16.5. The number of amides is 1. The Hall–Kier alpha value is -1.73. The number of aliphatic hydroxyl groups is 1. The van der Waals surface area contributed by atoms with E-state index in [-0.39, 0.29) is 16.9 Å². The molecule has 1 amide bonds. The molecule has 134 valence electrons. The summed E-state index contributed by atoms with van der Waals surface area (Å²) in [4.78, 5) is 28.5. The van der Waals surface area contributed by atoms with Crippen molar-refractivity contribution in [3.8, 4) is 0 Å². The van der Waals surface area contributed by atoms with Crippen molar-refractivity contribution in [2.45, 2.75) is 40.7 Å². The first-order valence-corrected chi connectivity index (χ1v) is 8.37. The van der Waals surface area contributed by atoms with Crippen LogP contribution < -0.4 is 5.56 Å². The average molecular weight is 336 g/mol. The predicted octanol–water partition coefficient (Wildman–Crippen LogP) is 0.552. The second-order valence-corrected chi connectivity index (χ2v) is 7.61. The Morgan fingerprint density at radius 3 is 2.38 bits per heavy atom. The molecule has 1 unspecified atom stereocenters. The lowest BCUT2D eigenvalue weighted by atomic mass is 9.89. The van der Waals surface area contributed by atoms with Crippen LogP contribution >= 0.6 is 0 Å². The van der Waals surface area contributed by atoms with Gasteiger partial charge in [-0.3, -0.25) is 14.5 Å². The van der Waals surface area contributed by atoms with Crippen molar-refractivity contribution < 1.29 is 9.90 Å². The molecular formula is C17H28N4O3. The number of aryl methyl sites for hydroxylation is 1. The third-order valence-corrected chi connectivity index (χ3v) is 4.77. The number of aliphatic hydroxyl groups excluding tert-OH is 1. The molecule has 1 aromatic rings. The van der Waals surface area contributed by atoms with Crippen LogP contribution in [0.5, 0.6) is 0 Å². The minimum atomic E-state index is -0.436. The number of aromatic nitrogens is 2. The van der Waals surface area contributed by atoms with Gasteiger partial charge >= 0.3 is 0 Å². The third-order valence-electron chi connectivity index (χ3n) is 4.77. The van der Waals surface area contributed by atoms with Crippen molar-refractivity contribution in [1.82, 2.24) is 20.0 Å². The SMILES string of the molecule is Cc1n[nH]c(=O)c(C(=O)N2CCN(CC(O)C(C)(C)C)CC2)c1C. The number of carbonyl (C=O) groups excluding carboxylic acids is 1. The number of β-amino-alcohol motifs (C(OH)–C–C–N with tert-alkyl or cyclic N) is 1. The molecule has 1 aromatic heterocycles. The van der Waals surface area contributed by atoms with Gasteiger partial charge in [-0.2, -0.15) is 5.10 Å². The summed E-state index contributed by atoms with van der Waals surface area (Å²) >= 11 is 0. The van der Waals surface area contributed by atoms with Crippen LogP contribution in [0.2, 0.25) is 0 Å². The molecule has 0 saturated carbocycles. The monoisotopic (exact) mass is 336 g/mol. The molecular weight excluding hydrogens is 308 g/mol. The molecule has 0 aromatic carbocycles. The van der Waals surface area contributed by atoms with Crippen LogP contribution in [0, 0.1) is 19.3 Å². The molecule has 0 bridgehead atoms. The van der Waals surface area contributed by atoms with E-state index in [0.717, 1.165) is 0 Å². The smallest absolute Gasteiger partial charge is 0.277 e. The fourth-order valence-corrected chi connectivity index (χ4v) is 2.69. The highest BCUT2D eigenvalue weighted by Crippen LogP contribution is 2.20. The van der Waals surface area contributed by atoms with Crippen molar-refractivity contribution in [1.29, 1.82) is 0 Å². The van der Waals surface area contributed by atoms with E-state index in [1.807, 2.05) is 20.8 Å². The average Bonchev–Trinajstić information content (AvgIpc) is 2.51. The molecule has 1 saturated heterocycles. The number of rotatable bonds is 3. The van der Waals surface area contributed by atoms with Crippen molar-refractivity contribution in [3.05, 3.63) is 27.2 Å². The summed E-state index contributed by atoms with van der Waals surface area (Å²) in [5.74, 6) is -0.240. The topological polar surface area (TPSA) is 89.5 Å². The van der Waals surface area contributed by atoms with Gasteiger partial charge in [0, 0.05) is 32.7 Å². The van der Waals surface area contributed by atoms with Gasteiger partial charge in [0.05, 0.1) is 11.8 Å². The van der Waals surface area contributed by atoms with Gasteiger partial charge in [0.15, 0.2) is 0 Å². The zero-order valence-electron chi connectivity index (χ0n) is 15.2. The molecule has 1 atom stereocenters. The van der Waals surface area contributed by atoms with Gasteiger partial charge in [-0.05, 0) is 24.8 Å².